The van der Waals surface area contributed by atoms with Crippen molar-refractivity contribution in [1.82, 2.24) is 4.98 Å². The second kappa shape index (κ2) is 8.44. The first-order chi connectivity index (χ1) is 10.7. The molecule has 0 spiro atoms. The third-order valence-corrected chi connectivity index (χ3v) is 3.71. The van der Waals surface area contributed by atoms with E-state index in [1.54, 1.807) is 18.3 Å². The van der Waals surface area contributed by atoms with Crippen LogP contribution in [0, 0.1) is 0 Å². The highest BCUT2D eigenvalue weighted by Gasteiger charge is 2.08. The van der Waals surface area contributed by atoms with Crippen LogP contribution in [-0.2, 0) is 6.42 Å². The van der Waals surface area contributed by atoms with Crippen LogP contribution >= 0.6 is 11.8 Å². The van der Waals surface area contributed by atoms with E-state index in [0.717, 1.165) is 17.9 Å². The maximum absolute atomic E-state index is 12.2. The van der Waals surface area contributed by atoms with Crippen molar-refractivity contribution in [2.75, 3.05) is 23.9 Å². The van der Waals surface area contributed by atoms with E-state index < -0.39 is 0 Å². The smallest absolute Gasteiger partial charge is 0.255 e. The first-order valence-electron chi connectivity index (χ1n) is 7.21. The number of rotatable bonds is 7. The minimum atomic E-state index is -0.166. The zero-order valence-electron chi connectivity index (χ0n) is 12.8. The summed E-state index contributed by atoms with van der Waals surface area (Å²) in [7, 11) is 0. The molecule has 22 heavy (non-hydrogen) atoms. The van der Waals surface area contributed by atoms with Crippen molar-refractivity contribution >= 4 is 23.4 Å². The van der Waals surface area contributed by atoms with Gasteiger partial charge in [-0.25, -0.2) is 4.98 Å². The average molecular weight is 316 g/mol. The van der Waals surface area contributed by atoms with Gasteiger partial charge in [0.1, 0.15) is 0 Å². The fourth-order valence-electron chi connectivity index (χ4n) is 1.96. The summed E-state index contributed by atoms with van der Waals surface area (Å²) in [6.07, 6.45) is 4.71. The Morgan fingerprint density at radius 3 is 2.73 bits per heavy atom. The van der Waals surface area contributed by atoms with E-state index in [2.05, 4.69) is 16.6 Å². The molecule has 0 unspecified atom stereocenters. The Balaban J connectivity index is 2.00. The van der Waals surface area contributed by atoms with Gasteiger partial charge in [-0.1, -0.05) is 12.1 Å². The molecule has 0 aliphatic rings. The molecule has 1 N–H and O–H groups in total. The maximum atomic E-state index is 12.2. The number of carbonyl (C=O) groups excluding carboxylic acids is 1. The van der Waals surface area contributed by atoms with Gasteiger partial charge in [-0.2, -0.15) is 11.8 Å². The quantitative estimate of drug-likeness (QED) is 0.847. The molecule has 0 atom stereocenters. The van der Waals surface area contributed by atoms with Gasteiger partial charge in [-0.15, -0.1) is 0 Å². The van der Waals surface area contributed by atoms with Gasteiger partial charge in [0, 0.05) is 23.5 Å². The zero-order chi connectivity index (χ0) is 15.8. The van der Waals surface area contributed by atoms with Crippen LogP contribution in [0.5, 0.6) is 5.88 Å². The van der Waals surface area contributed by atoms with Gasteiger partial charge in [0.25, 0.3) is 5.91 Å². The SMILES string of the molecule is CCOc1cc(C(=O)Nc2ccc(CCSC)cc2)ccn1. The first-order valence-corrected chi connectivity index (χ1v) is 8.60. The fraction of sp³-hybridized carbons (Fsp3) is 0.294. The minimum absolute atomic E-state index is 0.166. The summed E-state index contributed by atoms with van der Waals surface area (Å²) in [5, 5.41) is 2.88. The van der Waals surface area contributed by atoms with E-state index in [-0.39, 0.29) is 5.91 Å². The number of pyridine rings is 1. The lowest BCUT2D eigenvalue weighted by atomic mass is 10.1. The molecule has 2 aromatic rings. The standard InChI is InChI=1S/C17H20N2O2S/c1-3-21-16-12-14(8-10-18-16)17(20)19-15-6-4-13(5-7-15)9-11-22-2/h4-8,10,12H,3,9,11H2,1-2H3,(H,19,20). The Morgan fingerprint density at radius 2 is 2.05 bits per heavy atom. The number of hydrogen-bond donors (Lipinski definition) is 1. The second-order valence-corrected chi connectivity index (χ2v) is 5.70. The number of nitrogens with zero attached hydrogens (tertiary/aromatic N) is 1. The van der Waals surface area contributed by atoms with Gasteiger partial charge in [-0.05, 0) is 49.1 Å². The van der Waals surface area contributed by atoms with Crippen molar-refractivity contribution < 1.29 is 9.53 Å². The molecular weight excluding hydrogens is 296 g/mol. The van der Waals surface area contributed by atoms with Crippen molar-refractivity contribution in [3.8, 4) is 5.88 Å². The molecular formula is C17H20N2O2S. The van der Waals surface area contributed by atoms with Gasteiger partial charge in [-0.3, -0.25) is 4.79 Å². The molecule has 1 heterocycles. The number of aromatic nitrogens is 1. The topological polar surface area (TPSA) is 51.2 Å². The first kappa shape index (κ1) is 16.4. The van der Waals surface area contributed by atoms with Crippen LogP contribution in [0.15, 0.2) is 42.6 Å². The van der Waals surface area contributed by atoms with Crippen molar-refractivity contribution in [2.24, 2.45) is 0 Å². The van der Waals surface area contributed by atoms with Crippen LogP contribution in [-0.4, -0.2) is 29.5 Å². The van der Waals surface area contributed by atoms with Crippen molar-refractivity contribution in [3.63, 3.8) is 0 Å². The highest BCUT2D eigenvalue weighted by molar-refractivity contribution is 7.98. The lowest BCUT2D eigenvalue weighted by molar-refractivity contribution is 0.102. The largest absolute Gasteiger partial charge is 0.478 e. The molecule has 1 amide bonds. The molecule has 0 saturated carbocycles. The number of hydrogen-bond acceptors (Lipinski definition) is 4. The van der Waals surface area contributed by atoms with E-state index in [4.69, 9.17) is 4.74 Å². The summed E-state index contributed by atoms with van der Waals surface area (Å²) in [5.74, 6) is 1.39. The number of carbonyl (C=O) groups is 1. The molecule has 1 aromatic heterocycles. The molecule has 1 aromatic carbocycles. The van der Waals surface area contributed by atoms with Gasteiger partial charge in [0.2, 0.25) is 5.88 Å². The number of anilines is 1. The molecule has 0 radical (unpaired) electrons. The Labute approximate surface area is 135 Å². The molecule has 0 bridgehead atoms. The van der Waals surface area contributed by atoms with Crippen LogP contribution < -0.4 is 10.1 Å². The zero-order valence-corrected chi connectivity index (χ0v) is 13.7. The number of amides is 1. The minimum Gasteiger partial charge on any atom is -0.478 e. The number of thioether (sulfide) groups is 1. The summed E-state index contributed by atoms with van der Waals surface area (Å²) in [6, 6.07) is 11.3. The Morgan fingerprint density at radius 1 is 1.27 bits per heavy atom. The summed E-state index contributed by atoms with van der Waals surface area (Å²) in [5.41, 5.74) is 2.59. The van der Waals surface area contributed by atoms with Crippen LogP contribution in [0.1, 0.15) is 22.8 Å². The van der Waals surface area contributed by atoms with Crippen molar-refractivity contribution in [3.05, 3.63) is 53.7 Å². The molecule has 0 fully saturated rings. The Kier molecular flexibility index (Phi) is 6.27. The van der Waals surface area contributed by atoms with Crippen LogP contribution in [0.3, 0.4) is 0 Å². The summed E-state index contributed by atoms with van der Waals surface area (Å²) >= 11 is 1.83. The molecule has 0 aliphatic heterocycles. The van der Waals surface area contributed by atoms with Gasteiger partial charge < -0.3 is 10.1 Å². The van der Waals surface area contributed by atoms with Crippen LogP contribution in [0.25, 0.3) is 0 Å². The van der Waals surface area contributed by atoms with E-state index in [0.29, 0.717) is 18.1 Å². The molecule has 2 rings (SSSR count). The van der Waals surface area contributed by atoms with Crippen molar-refractivity contribution in [2.45, 2.75) is 13.3 Å². The predicted molar refractivity (Wildman–Crippen MR) is 91.9 cm³/mol. The van der Waals surface area contributed by atoms with Gasteiger partial charge >= 0.3 is 0 Å². The second-order valence-electron chi connectivity index (χ2n) is 4.71. The Bertz CT molecular complexity index is 614. The third kappa shape index (κ3) is 4.77. The van der Waals surface area contributed by atoms with E-state index in [1.807, 2.05) is 43.0 Å². The van der Waals surface area contributed by atoms with E-state index in [1.165, 1.54) is 5.56 Å². The number of nitrogens with one attached hydrogen (secondary N) is 1. The van der Waals surface area contributed by atoms with Gasteiger partial charge in [0.15, 0.2) is 0 Å². The number of ether oxygens (including phenoxy) is 1. The van der Waals surface area contributed by atoms with Gasteiger partial charge in [0.05, 0.1) is 6.61 Å². The number of aryl methyl sites for hydroxylation is 1. The third-order valence-electron chi connectivity index (χ3n) is 3.10. The molecule has 5 heteroatoms. The Hall–Kier alpha value is -2.01. The summed E-state index contributed by atoms with van der Waals surface area (Å²) < 4.78 is 5.31. The normalized spacial score (nSPS) is 10.3. The lowest BCUT2D eigenvalue weighted by Crippen LogP contribution is -2.12. The molecule has 4 nitrogen and oxygen atoms in total. The van der Waals surface area contributed by atoms with Crippen LogP contribution in [0.4, 0.5) is 5.69 Å². The average Bonchev–Trinajstić information content (AvgIpc) is 2.55. The molecule has 0 saturated heterocycles. The molecule has 0 aliphatic carbocycles. The predicted octanol–water partition coefficient (Wildman–Crippen LogP) is 3.64. The summed E-state index contributed by atoms with van der Waals surface area (Å²) in [4.78, 5) is 16.3. The highest BCUT2D eigenvalue weighted by atomic mass is 32.2. The van der Waals surface area contributed by atoms with Crippen LogP contribution in [0.2, 0.25) is 0 Å². The van der Waals surface area contributed by atoms with E-state index >= 15 is 0 Å². The fourth-order valence-corrected chi connectivity index (χ4v) is 2.40. The van der Waals surface area contributed by atoms with Crippen molar-refractivity contribution in [1.29, 1.82) is 0 Å². The molecule has 116 valence electrons. The monoisotopic (exact) mass is 316 g/mol. The highest BCUT2D eigenvalue weighted by Crippen LogP contribution is 2.14. The summed E-state index contributed by atoms with van der Waals surface area (Å²) in [6.45, 7) is 2.41. The lowest BCUT2D eigenvalue weighted by Gasteiger charge is -2.08. The number of benzene rings is 1. The maximum Gasteiger partial charge on any atom is 0.255 e. The van der Waals surface area contributed by atoms with E-state index in [9.17, 15) is 4.79 Å².